The SMILES string of the molecule is CN(CC(O)c1c(F)cccc1F)C1CCCC1S(C)(=O)=O. The average Bonchev–Trinajstić information content (AvgIpc) is 2.87. The van der Waals surface area contributed by atoms with Crippen molar-refractivity contribution < 1.29 is 22.3 Å². The van der Waals surface area contributed by atoms with Gasteiger partial charge >= 0.3 is 0 Å². The number of benzene rings is 1. The minimum Gasteiger partial charge on any atom is -0.387 e. The Labute approximate surface area is 129 Å². The van der Waals surface area contributed by atoms with Crippen molar-refractivity contribution in [2.45, 2.75) is 36.7 Å². The van der Waals surface area contributed by atoms with Crippen LogP contribution in [-0.2, 0) is 9.84 Å². The summed E-state index contributed by atoms with van der Waals surface area (Å²) in [6.45, 7) is -0.0193. The summed E-state index contributed by atoms with van der Waals surface area (Å²) in [5.41, 5.74) is -0.372. The zero-order valence-corrected chi connectivity index (χ0v) is 13.5. The third kappa shape index (κ3) is 3.64. The fraction of sp³-hybridized carbons (Fsp3) is 0.600. The lowest BCUT2D eigenvalue weighted by Crippen LogP contribution is -2.43. The van der Waals surface area contributed by atoms with E-state index in [9.17, 15) is 22.3 Å². The Bertz CT molecular complexity index is 615. The van der Waals surface area contributed by atoms with Gasteiger partial charge in [-0.15, -0.1) is 0 Å². The smallest absolute Gasteiger partial charge is 0.151 e. The molecule has 3 unspecified atom stereocenters. The van der Waals surface area contributed by atoms with Crippen LogP contribution in [0.25, 0.3) is 0 Å². The Kier molecular flexibility index (Phi) is 5.19. The Balaban J connectivity index is 2.13. The van der Waals surface area contributed by atoms with Gasteiger partial charge in [0.2, 0.25) is 0 Å². The first-order valence-electron chi connectivity index (χ1n) is 7.23. The highest BCUT2D eigenvalue weighted by atomic mass is 32.2. The summed E-state index contributed by atoms with van der Waals surface area (Å²) < 4.78 is 51.0. The normalized spacial score (nSPS) is 23.9. The lowest BCUT2D eigenvalue weighted by atomic mass is 10.1. The second kappa shape index (κ2) is 6.60. The number of rotatable bonds is 5. The maximum Gasteiger partial charge on any atom is 0.151 e. The molecule has 1 saturated carbocycles. The zero-order valence-electron chi connectivity index (χ0n) is 12.7. The highest BCUT2D eigenvalue weighted by Crippen LogP contribution is 2.30. The van der Waals surface area contributed by atoms with Gasteiger partial charge in [-0.1, -0.05) is 12.5 Å². The van der Waals surface area contributed by atoms with Gasteiger partial charge in [0.25, 0.3) is 0 Å². The summed E-state index contributed by atoms with van der Waals surface area (Å²) in [5.74, 6) is -1.60. The first-order chi connectivity index (χ1) is 10.2. The molecule has 0 spiro atoms. The molecule has 1 aliphatic rings. The van der Waals surface area contributed by atoms with Crippen LogP contribution in [0.5, 0.6) is 0 Å². The van der Waals surface area contributed by atoms with E-state index in [0.717, 1.165) is 18.6 Å². The molecule has 0 heterocycles. The molecule has 1 aromatic rings. The van der Waals surface area contributed by atoms with Crippen LogP contribution in [-0.4, -0.2) is 49.6 Å². The third-order valence-electron chi connectivity index (χ3n) is 4.33. The van der Waals surface area contributed by atoms with Crippen LogP contribution in [0, 0.1) is 11.6 Å². The largest absolute Gasteiger partial charge is 0.387 e. The highest BCUT2D eigenvalue weighted by molar-refractivity contribution is 7.91. The minimum absolute atomic E-state index is 0.0193. The number of hydrogen-bond acceptors (Lipinski definition) is 4. The van der Waals surface area contributed by atoms with Crippen LogP contribution in [0.2, 0.25) is 0 Å². The molecule has 0 radical (unpaired) electrons. The van der Waals surface area contributed by atoms with E-state index in [1.54, 1.807) is 11.9 Å². The van der Waals surface area contributed by atoms with Crippen LogP contribution in [0.1, 0.15) is 30.9 Å². The Morgan fingerprint density at radius 3 is 2.45 bits per heavy atom. The van der Waals surface area contributed by atoms with E-state index in [2.05, 4.69) is 0 Å². The number of aliphatic hydroxyl groups is 1. The molecule has 4 nitrogen and oxygen atoms in total. The predicted molar refractivity (Wildman–Crippen MR) is 80.2 cm³/mol. The molecule has 1 N–H and O–H groups in total. The second-order valence-electron chi connectivity index (χ2n) is 5.96. The van der Waals surface area contributed by atoms with Crippen molar-refractivity contribution in [3.05, 3.63) is 35.4 Å². The van der Waals surface area contributed by atoms with E-state index in [1.807, 2.05) is 0 Å². The van der Waals surface area contributed by atoms with Crippen molar-refractivity contribution in [3.63, 3.8) is 0 Å². The fourth-order valence-electron chi connectivity index (χ4n) is 3.24. The van der Waals surface area contributed by atoms with Crippen LogP contribution >= 0.6 is 0 Å². The van der Waals surface area contributed by atoms with Gasteiger partial charge in [-0.2, -0.15) is 0 Å². The van der Waals surface area contributed by atoms with E-state index in [-0.39, 0.29) is 18.2 Å². The van der Waals surface area contributed by atoms with Gasteiger partial charge in [-0.3, -0.25) is 4.90 Å². The van der Waals surface area contributed by atoms with E-state index in [1.165, 1.54) is 12.3 Å². The molecule has 0 saturated heterocycles. The Hall–Kier alpha value is -1.05. The standard InChI is InChI=1S/C15H21F2NO3S/c1-18(12-7-4-8-14(12)22(2,20)21)9-13(19)15-10(16)5-3-6-11(15)17/h3,5-6,12-14,19H,4,7-9H2,1-2H3. The summed E-state index contributed by atoms with van der Waals surface area (Å²) >= 11 is 0. The van der Waals surface area contributed by atoms with Crippen molar-refractivity contribution in [2.75, 3.05) is 19.8 Å². The lowest BCUT2D eigenvalue weighted by Gasteiger charge is -2.30. The number of likely N-dealkylation sites (N-methyl/N-ethyl adjacent to an activating group) is 1. The number of aliphatic hydroxyl groups excluding tert-OH is 1. The second-order valence-corrected chi connectivity index (χ2v) is 8.22. The Morgan fingerprint density at radius 2 is 1.91 bits per heavy atom. The summed E-state index contributed by atoms with van der Waals surface area (Å²) in [5, 5.41) is 9.64. The van der Waals surface area contributed by atoms with E-state index in [4.69, 9.17) is 0 Å². The first kappa shape index (κ1) is 17.3. The van der Waals surface area contributed by atoms with Gasteiger partial charge in [0.1, 0.15) is 11.6 Å². The molecule has 0 bridgehead atoms. The van der Waals surface area contributed by atoms with Crippen molar-refractivity contribution in [3.8, 4) is 0 Å². The van der Waals surface area contributed by atoms with Gasteiger partial charge < -0.3 is 5.11 Å². The van der Waals surface area contributed by atoms with Gasteiger partial charge in [0.05, 0.1) is 16.9 Å². The predicted octanol–water partition coefficient (Wildman–Crippen LogP) is 1.90. The molecular weight excluding hydrogens is 312 g/mol. The summed E-state index contributed by atoms with van der Waals surface area (Å²) in [6.07, 6.45) is 1.93. The summed E-state index contributed by atoms with van der Waals surface area (Å²) in [7, 11) is -1.51. The van der Waals surface area contributed by atoms with Gasteiger partial charge in [-0.25, -0.2) is 17.2 Å². The molecule has 1 aliphatic carbocycles. The molecule has 0 amide bonds. The highest BCUT2D eigenvalue weighted by Gasteiger charge is 2.37. The van der Waals surface area contributed by atoms with Gasteiger partial charge in [0, 0.05) is 18.8 Å². The molecule has 7 heteroatoms. The molecule has 22 heavy (non-hydrogen) atoms. The van der Waals surface area contributed by atoms with Gasteiger partial charge in [0.15, 0.2) is 9.84 Å². The maximum absolute atomic E-state index is 13.7. The molecule has 124 valence electrons. The number of sulfone groups is 1. The Morgan fingerprint density at radius 1 is 1.32 bits per heavy atom. The third-order valence-corrected chi connectivity index (χ3v) is 5.98. The monoisotopic (exact) mass is 333 g/mol. The molecule has 0 aromatic heterocycles. The molecular formula is C15H21F2NO3S. The quantitative estimate of drug-likeness (QED) is 0.894. The van der Waals surface area contributed by atoms with Crippen molar-refractivity contribution in [2.24, 2.45) is 0 Å². The lowest BCUT2D eigenvalue weighted by molar-refractivity contribution is 0.100. The first-order valence-corrected chi connectivity index (χ1v) is 9.18. The molecule has 1 fully saturated rings. The van der Waals surface area contributed by atoms with Gasteiger partial charge in [-0.05, 0) is 32.0 Å². The molecule has 3 atom stereocenters. The fourth-order valence-corrected chi connectivity index (χ4v) is 4.75. The number of hydrogen-bond donors (Lipinski definition) is 1. The van der Waals surface area contributed by atoms with E-state index >= 15 is 0 Å². The molecule has 0 aliphatic heterocycles. The van der Waals surface area contributed by atoms with Crippen molar-refractivity contribution >= 4 is 9.84 Å². The molecule has 2 rings (SSSR count). The van der Waals surface area contributed by atoms with Crippen LogP contribution in [0.15, 0.2) is 18.2 Å². The van der Waals surface area contributed by atoms with E-state index in [0.29, 0.717) is 12.8 Å². The summed E-state index contributed by atoms with van der Waals surface area (Å²) in [6, 6.07) is 3.19. The average molecular weight is 333 g/mol. The van der Waals surface area contributed by atoms with Crippen molar-refractivity contribution in [1.82, 2.24) is 4.90 Å². The molecule has 1 aromatic carbocycles. The van der Waals surface area contributed by atoms with Crippen LogP contribution < -0.4 is 0 Å². The zero-order chi connectivity index (χ0) is 16.5. The minimum atomic E-state index is -3.18. The van der Waals surface area contributed by atoms with E-state index < -0.39 is 32.8 Å². The van der Waals surface area contributed by atoms with Crippen LogP contribution in [0.4, 0.5) is 8.78 Å². The number of halogens is 2. The van der Waals surface area contributed by atoms with Crippen molar-refractivity contribution in [1.29, 1.82) is 0 Å². The topological polar surface area (TPSA) is 57.6 Å². The maximum atomic E-state index is 13.7. The summed E-state index contributed by atoms with van der Waals surface area (Å²) in [4.78, 5) is 1.69. The van der Waals surface area contributed by atoms with Crippen LogP contribution in [0.3, 0.4) is 0 Å². The number of nitrogens with zero attached hydrogens (tertiary/aromatic N) is 1.